The molecule has 8 unspecified atom stereocenters. The third kappa shape index (κ3) is 22.9. The summed E-state index contributed by atoms with van der Waals surface area (Å²) in [4.78, 5) is 23.2. The number of unbranched alkanes of at least 4 members (excludes halogenated alkanes) is 17. The quantitative estimate of drug-likeness (QED) is 0.0237. The summed E-state index contributed by atoms with van der Waals surface area (Å²) in [7, 11) is -5.15. The molecule has 0 aromatic rings. The predicted molar refractivity (Wildman–Crippen MR) is 210 cm³/mol. The zero-order chi connectivity index (χ0) is 40.2. The van der Waals surface area contributed by atoms with Gasteiger partial charge in [0, 0.05) is 0 Å². The Morgan fingerprint density at radius 2 is 1.11 bits per heavy atom. The molecule has 0 spiro atoms. The molecular weight excluding hydrogens is 717 g/mol. The number of amides is 1. The molecule has 0 aliphatic heterocycles. The first-order valence-electron chi connectivity index (χ1n) is 20.5. The van der Waals surface area contributed by atoms with Gasteiger partial charge in [0.25, 0.3) is 0 Å². The highest BCUT2D eigenvalue weighted by Crippen LogP contribution is 2.47. The number of nitrogens with one attached hydrogen (secondary N) is 1. The Kier molecular flexibility index (Phi) is 28.7. The van der Waals surface area contributed by atoms with E-state index in [2.05, 4.69) is 25.2 Å². The van der Waals surface area contributed by atoms with Gasteiger partial charge in [-0.05, 0) is 32.1 Å². The van der Waals surface area contributed by atoms with Crippen LogP contribution >= 0.6 is 7.82 Å². The minimum Gasteiger partial charge on any atom is -0.389 e. The molecule has 8 atom stereocenters. The van der Waals surface area contributed by atoms with Crippen LogP contribution in [0, 0.1) is 0 Å². The molecular formula is C40H74NO12P. The molecule has 14 heteroatoms. The zero-order valence-corrected chi connectivity index (χ0v) is 33.8. The summed E-state index contributed by atoms with van der Waals surface area (Å²) in [5.74, 6) is -0.663. The molecule has 0 bridgehead atoms. The first-order chi connectivity index (χ1) is 25.8. The summed E-state index contributed by atoms with van der Waals surface area (Å²) in [6, 6.07) is -1.27. The van der Waals surface area contributed by atoms with Gasteiger partial charge >= 0.3 is 7.82 Å². The zero-order valence-electron chi connectivity index (χ0n) is 32.9. The fraction of sp³-hybridized carbons (Fsp3) is 0.825. The molecule has 0 saturated heterocycles. The summed E-state index contributed by atoms with van der Waals surface area (Å²) in [6.45, 7) is 3.65. The number of aliphatic hydroxyl groups excluding tert-OH is 7. The average molecular weight is 792 g/mol. The maximum absolute atomic E-state index is 12.9. The van der Waals surface area contributed by atoms with E-state index in [0.717, 1.165) is 32.1 Å². The van der Waals surface area contributed by atoms with Gasteiger partial charge in [-0.2, -0.15) is 0 Å². The molecule has 316 valence electrons. The van der Waals surface area contributed by atoms with E-state index in [1.807, 2.05) is 6.08 Å². The Labute approximate surface area is 324 Å². The molecule has 9 N–H and O–H groups in total. The van der Waals surface area contributed by atoms with Crippen LogP contribution in [0.2, 0.25) is 0 Å². The summed E-state index contributed by atoms with van der Waals surface area (Å²) in [5, 5.41) is 73.9. The standard InChI is InChI=1S/C40H74NO12P/c1-3-5-7-9-11-13-15-16-18-20-22-24-26-28-33(43)32(30-52-54(50,51)53-40-38(48)36(46)35(45)37(47)39(40)49)41-34(44)29-31(42)27-25-23-21-19-17-14-12-10-8-6-4-2/h19,21,25-28,31-33,35-40,42-43,45-49H,3-18,20,22-24,29-30H2,1-2H3,(H,41,44)(H,50,51)/b21-19-,27-25-,28-26+. The molecule has 1 fully saturated rings. The molecule has 13 nitrogen and oxygen atoms in total. The average Bonchev–Trinajstić information content (AvgIpc) is 3.14. The first-order valence-corrected chi connectivity index (χ1v) is 22.0. The highest BCUT2D eigenvalue weighted by molar-refractivity contribution is 7.47. The largest absolute Gasteiger partial charge is 0.472 e. The summed E-state index contributed by atoms with van der Waals surface area (Å²) in [5.41, 5.74) is 0. The minimum atomic E-state index is -5.15. The van der Waals surface area contributed by atoms with Gasteiger partial charge in [-0.25, -0.2) is 4.57 Å². The normalized spacial score (nSPS) is 25.0. The van der Waals surface area contributed by atoms with Crippen LogP contribution in [0.5, 0.6) is 0 Å². The van der Waals surface area contributed by atoms with E-state index in [9.17, 15) is 50.0 Å². The van der Waals surface area contributed by atoms with E-state index >= 15 is 0 Å². The van der Waals surface area contributed by atoms with Crippen LogP contribution in [0.1, 0.15) is 149 Å². The number of aliphatic hydroxyl groups is 7. The lowest BCUT2D eigenvalue weighted by Gasteiger charge is -2.41. The van der Waals surface area contributed by atoms with Crippen molar-refractivity contribution in [2.24, 2.45) is 0 Å². The van der Waals surface area contributed by atoms with E-state index in [1.165, 1.54) is 95.6 Å². The fourth-order valence-electron chi connectivity index (χ4n) is 6.30. The number of carbonyl (C=O) groups excluding carboxylic acids is 1. The fourth-order valence-corrected chi connectivity index (χ4v) is 7.26. The second-order valence-electron chi connectivity index (χ2n) is 14.7. The SMILES string of the molecule is CCCCCCCC/C=C\C/C=C\C(O)CC(=O)NC(COP(=O)(O)OC1C(O)C(O)C(O)C(O)C1O)C(O)/C=C/CCCCCCCCCCCCC. The van der Waals surface area contributed by atoms with Crippen molar-refractivity contribution >= 4 is 13.7 Å². The minimum absolute atomic E-state index is 0.352. The van der Waals surface area contributed by atoms with E-state index in [4.69, 9.17) is 9.05 Å². The highest BCUT2D eigenvalue weighted by Gasteiger charge is 2.51. The van der Waals surface area contributed by atoms with Crippen LogP contribution in [0.25, 0.3) is 0 Å². The molecule has 0 radical (unpaired) electrons. The summed E-state index contributed by atoms with van der Waals surface area (Å²) in [6.07, 6.45) is 18.5. The van der Waals surface area contributed by atoms with E-state index < -0.39 is 75.2 Å². The number of hydrogen-bond donors (Lipinski definition) is 9. The number of hydrogen-bond acceptors (Lipinski definition) is 11. The maximum Gasteiger partial charge on any atom is 0.472 e. The Morgan fingerprint density at radius 3 is 1.63 bits per heavy atom. The van der Waals surface area contributed by atoms with Gasteiger partial charge in [0.15, 0.2) is 0 Å². The van der Waals surface area contributed by atoms with Gasteiger partial charge < -0.3 is 46.0 Å². The van der Waals surface area contributed by atoms with Gasteiger partial charge in [0.05, 0.1) is 31.3 Å². The first kappa shape index (κ1) is 50.5. The van der Waals surface area contributed by atoms with Crippen LogP contribution in [0.3, 0.4) is 0 Å². The Morgan fingerprint density at radius 1 is 0.648 bits per heavy atom. The van der Waals surface area contributed by atoms with Crippen molar-refractivity contribution in [3.05, 3.63) is 36.5 Å². The predicted octanol–water partition coefficient (Wildman–Crippen LogP) is 5.41. The van der Waals surface area contributed by atoms with Crippen LogP contribution in [-0.2, 0) is 18.4 Å². The summed E-state index contributed by atoms with van der Waals surface area (Å²) >= 11 is 0. The van der Waals surface area contributed by atoms with Crippen LogP contribution in [-0.4, -0.2) is 108 Å². The van der Waals surface area contributed by atoms with Crippen LogP contribution < -0.4 is 5.32 Å². The molecule has 0 heterocycles. The molecule has 0 aromatic carbocycles. The lowest BCUT2D eigenvalue weighted by atomic mass is 9.85. The van der Waals surface area contributed by atoms with E-state index in [1.54, 1.807) is 12.2 Å². The molecule has 1 amide bonds. The number of phosphoric ester groups is 1. The van der Waals surface area contributed by atoms with Crippen molar-refractivity contribution < 1.29 is 59.0 Å². The second-order valence-corrected chi connectivity index (χ2v) is 16.1. The third-order valence-corrected chi connectivity index (χ3v) is 10.7. The van der Waals surface area contributed by atoms with Crippen molar-refractivity contribution in [3.8, 4) is 0 Å². The Hall–Kier alpha value is -1.48. The number of rotatable bonds is 32. The van der Waals surface area contributed by atoms with Crippen molar-refractivity contribution in [2.75, 3.05) is 6.61 Å². The van der Waals surface area contributed by atoms with Crippen molar-refractivity contribution in [1.82, 2.24) is 5.32 Å². The van der Waals surface area contributed by atoms with Crippen LogP contribution in [0.15, 0.2) is 36.5 Å². The molecule has 1 aliphatic carbocycles. The highest BCUT2D eigenvalue weighted by atomic mass is 31.2. The Balaban J connectivity index is 2.70. The number of phosphoric acid groups is 1. The van der Waals surface area contributed by atoms with Gasteiger partial charge in [-0.15, -0.1) is 0 Å². The number of carbonyl (C=O) groups is 1. The Bertz CT molecular complexity index is 1080. The third-order valence-electron chi connectivity index (χ3n) is 9.73. The lowest BCUT2D eigenvalue weighted by Crippen LogP contribution is -2.64. The number of allylic oxidation sites excluding steroid dienone is 4. The van der Waals surface area contributed by atoms with Gasteiger partial charge in [0.1, 0.15) is 36.6 Å². The molecule has 1 aliphatic rings. The van der Waals surface area contributed by atoms with Crippen LogP contribution in [0.4, 0.5) is 0 Å². The molecule has 1 saturated carbocycles. The smallest absolute Gasteiger partial charge is 0.389 e. The van der Waals surface area contributed by atoms with E-state index in [0.29, 0.717) is 12.8 Å². The summed E-state index contributed by atoms with van der Waals surface area (Å²) < 4.78 is 22.7. The second kappa shape index (κ2) is 30.6. The van der Waals surface area contributed by atoms with E-state index in [-0.39, 0.29) is 6.42 Å². The lowest BCUT2D eigenvalue weighted by molar-refractivity contribution is -0.220. The molecule has 54 heavy (non-hydrogen) atoms. The van der Waals surface area contributed by atoms with Crippen molar-refractivity contribution in [1.29, 1.82) is 0 Å². The topological polar surface area (TPSA) is 226 Å². The maximum atomic E-state index is 12.9. The van der Waals surface area contributed by atoms with Crippen molar-refractivity contribution in [3.63, 3.8) is 0 Å². The molecule has 0 aromatic heterocycles. The van der Waals surface area contributed by atoms with Gasteiger partial charge in [0.2, 0.25) is 5.91 Å². The van der Waals surface area contributed by atoms with Gasteiger partial charge in [-0.1, -0.05) is 147 Å². The van der Waals surface area contributed by atoms with Gasteiger partial charge in [-0.3, -0.25) is 13.8 Å². The molecule has 1 rings (SSSR count). The monoisotopic (exact) mass is 791 g/mol. The van der Waals surface area contributed by atoms with Crippen molar-refractivity contribution in [2.45, 2.75) is 204 Å².